The Morgan fingerprint density at radius 2 is 1.80 bits per heavy atom. The molecule has 1 fully saturated rings. The molecule has 1 aromatic carbocycles. The van der Waals surface area contributed by atoms with E-state index in [1.807, 2.05) is 13.0 Å². The minimum Gasteiger partial charge on any atom is -0.309 e. The lowest BCUT2D eigenvalue weighted by atomic mass is 9.95. The molecule has 1 saturated heterocycles. The van der Waals surface area contributed by atoms with Gasteiger partial charge in [0.05, 0.1) is 5.69 Å². The van der Waals surface area contributed by atoms with E-state index in [-0.39, 0.29) is 0 Å². The van der Waals surface area contributed by atoms with Crippen molar-refractivity contribution in [1.29, 1.82) is 0 Å². The summed E-state index contributed by atoms with van der Waals surface area (Å²) in [5, 5.41) is 3.15. The Balaban J connectivity index is 1.41. The second kappa shape index (κ2) is 6.94. The van der Waals surface area contributed by atoms with Crippen LogP contribution >= 0.6 is 0 Å². The first-order valence-electron chi connectivity index (χ1n) is 8.42. The van der Waals surface area contributed by atoms with Crippen LogP contribution in [0.15, 0.2) is 54.9 Å². The zero-order valence-electron chi connectivity index (χ0n) is 14.1. The number of hydrogen-bond donors (Lipinski definition) is 1. The van der Waals surface area contributed by atoms with Crippen LogP contribution in [0.2, 0.25) is 0 Å². The van der Waals surface area contributed by atoms with Crippen molar-refractivity contribution in [2.75, 3.05) is 18.4 Å². The third-order valence-electron chi connectivity index (χ3n) is 4.29. The highest BCUT2D eigenvalue weighted by atomic mass is 15.2. The Kier molecular flexibility index (Phi) is 4.35. The molecule has 0 saturated carbocycles. The molecule has 0 atom stereocenters. The number of aryl methyl sites for hydroxylation is 1. The molecule has 0 amide bonds. The summed E-state index contributed by atoms with van der Waals surface area (Å²) in [5.74, 6) is 2.50. The van der Waals surface area contributed by atoms with Gasteiger partial charge in [0, 0.05) is 44.0 Å². The van der Waals surface area contributed by atoms with Gasteiger partial charge < -0.3 is 5.32 Å². The predicted octanol–water partition coefficient (Wildman–Crippen LogP) is 2.92. The number of rotatable bonds is 5. The van der Waals surface area contributed by atoms with Crippen LogP contribution in [-0.2, 0) is 6.54 Å². The summed E-state index contributed by atoms with van der Waals surface area (Å²) >= 11 is 0. The monoisotopic (exact) mass is 332 g/mol. The zero-order valence-corrected chi connectivity index (χ0v) is 14.1. The van der Waals surface area contributed by atoms with Gasteiger partial charge in [-0.25, -0.2) is 19.9 Å². The lowest BCUT2D eigenvalue weighted by Crippen LogP contribution is -2.44. The van der Waals surface area contributed by atoms with E-state index >= 15 is 0 Å². The van der Waals surface area contributed by atoms with E-state index in [0.717, 1.165) is 37.0 Å². The van der Waals surface area contributed by atoms with E-state index in [0.29, 0.717) is 11.9 Å². The summed E-state index contributed by atoms with van der Waals surface area (Å²) in [6, 6.07) is 14.4. The molecule has 126 valence electrons. The molecule has 4 rings (SSSR count). The van der Waals surface area contributed by atoms with Crippen molar-refractivity contribution in [2.24, 2.45) is 0 Å². The van der Waals surface area contributed by atoms with Gasteiger partial charge in [-0.2, -0.15) is 0 Å². The maximum atomic E-state index is 4.62. The van der Waals surface area contributed by atoms with E-state index in [4.69, 9.17) is 0 Å². The molecule has 6 heteroatoms. The molecule has 1 N–H and O–H groups in total. The van der Waals surface area contributed by atoms with Crippen LogP contribution in [0, 0.1) is 6.92 Å². The Morgan fingerprint density at radius 3 is 2.56 bits per heavy atom. The number of nitrogens with one attached hydrogen (secondary N) is 1. The molecule has 1 aliphatic rings. The Labute approximate surface area is 147 Å². The summed E-state index contributed by atoms with van der Waals surface area (Å²) in [5.41, 5.74) is 2.43. The SMILES string of the molecule is Cc1nc(Nc2ncccn2)cc(C2CN(Cc3ccccc3)C2)n1. The number of aromatic nitrogens is 4. The number of likely N-dealkylation sites (tertiary alicyclic amines) is 1. The fourth-order valence-corrected chi connectivity index (χ4v) is 3.07. The Hall–Kier alpha value is -2.86. The van der Waals surface area contributed by atoms with Gasteiger partial charge in [0.2, 0.25) is 5.95 Å². The second-order valence-electron chi connectivity index (χ2n) is 6.30. The normalized spacial score (nSPS) is 14.9. The van der Waals surface area contributed by atoms with Crippen LogP contribution < -0.4 is 5.32 Å². The van der Waals surface area contributed by atoms with Crippen molar-refractivity contribution in [3.05, 3.63) is 71.9 Å². The van der Waals surface area contributed by atoms with Gasteiger partial charge in [-0.3, -0.25) is 4.90 Å². The first kappa shape index (κ1) is 15.7. The highest BCUT2D eigenvalue weighted by molar-refractivity contribution is 5.48. The van der Waals surface area contributed by atoms with Crippen LogP contribution in [-0.4, -0.2) is 37.9 Å². The molecule has 0 unspecified atom stereocenters. The Bertz CT molecular complexity index is 831. The van der Waals surface area contributed by atoms with Gasteiger partial charge in [-0.05, 0) is 18.6 Å². The van der Waals surface area contributed by atoms with Crippen molar-refractivity contribution in [3.63, 3.8) is 0 Å². The average Bonchev–Trinajstić information content (AvgIpc) is 2.59. The smallest absolute Gasteiger partial charge is 0.228 e. The molecule has 25 heavy (non-hydrogen) atoms. The summed E-state index contributed by atoms with van der Waals surface area (Å²) < 4.78 is 0. The molecular formula is C19H20N6. The minimum atomic E-state index is 0.447. The predicted molar refractivity (Wildman–Crippen MR) is 96.5 cm³/mol. The molecule has 3 aromatic rings. The molecular weight excluding hydrogens is 312 g/mol. The molecule has 0 bridgehead atoms. The van der Waals surface area contributed by atoms with E-state index in [1.165, 1.54) is 5.56 Å². The third-order valence-corrected chi connectivity index (χ3v) is 4.29. The fraction of sp³-hybridized carbons (Fsp3) is 0.263. The van der Waals surface area contributed by atoms with Gasteiger partial charge in [-0.1, -0.05) is 30.3 Å². The van der Waals surface area contributed by atoms with Crippen molar-refractivity contribution < 1.29 is 0 Å². The quantitative estimate of drug-likeness (QED) is 0.775. The third kappa shape index (κ3) is 3.80. The van der Waals surface area contributed by atoms with Gasteiger partial charge >= 0.3 is 0 Å². The molecule has 1 aliphatic heterocycles. The highest BCUT2D eigenvalue weighted by Crippen LogP contribution is 2.28. The fourth-order valence-electron chi connectivity index (χ4n) is 3.07. The summed E-state index contributed by atoms with van der Waals surface area (Å²) in [7, 11) is 0. The summed E-state index contributed by atoms with van der Waals surface area (Å²) in [6.45, 7) is 4.95. The number of anilines is 2. The lowest BCUT2D eigenvalue weighted by molar-refractivity contribution is 0.137. The minimum absolute atomic E-state index is 0.447. The second-order valence-corrected chi connectivity index (χ2v) is 6.30. The molecule has 0 spiro atoms. The number of hydrogen-bond acceptors (Lipinski definition) is 6. The maximum absolute atomic E-state index is 4.62. The zero-order chi connectivity index (χ0) is 17.1. The van der Waals surface area contributed by atoms with E-state index in [2.05, 4.69) is 60.5 Å². The van der Waals surface area contributed by atoms with Gasteiger partial charge in [0.25, 0.3) is 0 Å². The van der Waals surface area contributed by atoms with Crippen LogP contribution in [0.1, 0.15) is 23.0 Å². The molecule has 3 heterocycles. The Morgan fingerprint density at radius 1 is 1.04 bits per heavy atom. The molecule has 6 nitrogen and oxygen atoms in total. The number of benzene rings is 1. The first-order chi connectivity index (χ1) is 12.3. The van der Waals surface area contributed by atoms with Crippen LogP contribution in [0.5, 0.6) is 0 Å². The van der Waals surface area contributed by atoms with Crippen LogP contribution in [0.25, 0.3) is 0 Å². The molecule has 2 aromatic heterocycles. The van der Waals surface area contributed by atoms with E-state index in [1.54, 1.807) is 18.5 Å². The van der Waals surface area contributed by atoms with Crippen molar-refractivity contribution in [3.8, 4) is 0 Å². The van der Waals surface area contributed by atoms with Crippen LogP contribution in [0.3, 0.4) is 0 Å². The first-order valence-corrected chi connectivity index (χ1v) is 8.42. The molecule has 0 aliphatic carbocycles. The van der Waals surface area contributed by atoms with Gasteiger partial charge in [0.1, 0.15) is 11.6 Å². The van der Waals surface area contributed by atoms with E-state index in [9.17, 15) is 0 Å². The van der Waals surface area contributed by atoms with Crippen LogP contribution in [0.4, 0.5) is 11.8 Å². The summed E-state index contributed by atoms with van der Waals surface area (Å²) in [4.78, 5) is 19.9. The summed E-state index contributed by atoms with van der Waals surface area (Å²) in [6.07, 6.45) is 3.41. The maximum Gasteiger partial charge on any atom is 0.228 e. The topological polar surface area (TPSA) is 66.8 Å². The molecule has 0 radical (unpaired) electrons. The lowest BCUT2D eigenvalue weighted by Gasteiger charge is -2.39. The van der Waals surface area contributed by atoms with Crippen molar-refractivity contribution in [2.45, 2.75) is 19.4 Å². The van der Waals surface area contributed by atoms with Gasteiger partial charge in [0.15, 0.2) is 0 Å². The van der Waals surface area contributed by atoms with E-state index < -0.39 is 0 Å². The number of nitrogens with zero attached hydrogens (tertiary/aromatic N) is 5. The highest BCUT2D eigenvalue weighted by Gasteiger charge is 2.29. The van der Waals surface area contributed by atoms with Crippen molar-refractivity contribution >= 4 is 11.8 Å². The largest absolute Gasteiger partial charge is 0.309 e. The van der Waals surface area contributed by atoms with Crippen molar-refractivity contribution in [1.82, 2.24) is 24.8 Å². The standard InChI is InChI=1S/C19H20N6/c1-14-22-17(10-18(23-14)24-19-20-8-5-9-21-19)16-12-25(13-16)11-15-6-3-2-4-7-15/h2-10,16H,11-13H2,1H3,(H,20,21,22,23,24). The average molecular weight is 332 g/mol. The van der Waals surface area contributed by atoms with Gasteiger partial charge in [-0.15, -0.1) is 0 Å².